The van der Waals surface area contributed by atoms with E-state index < -0.39 is 17.2 Å². The highest BCUT2D eigenvalue weighted by Crippen LogP contribution is 2.31. The van der Waals surface area contributed by atoms with Crippen LogP contribution in [0.2, 0.25) is 10.0 Å². The largest absolute Gasteiger partial charge is 0.383 e. The van der Waals surface area contributed by atoms with Crippen molar-refractivity contribution in [2.45, 2.75) is 12.0 Å². The van der Waals surface area contributed by atoms with Crippen LogP contribution in [0.5, 0.6) is 0 Å². The quantitative estimate of drug-likeness (QED) is 0.774. The second-order valence-corrected chi connectivity index (χ2v) is 5.88. The van der Waals surface area contributed by atoms with Crippen molar-refractivity contribution in [1.82, 2.24) is 0 Å². The first kappa shape index (κ1) is 16.5. The molecular weight excluding hydrogens is 341 g/mol. The van der Waals surface area contributed by atoms with Crippen LogP contribution in [-0.2, 0) is 12.0 Å². The van der Waals surface area contributed by atoms with Crippen molar-refractivity contribution in [1.29, 1.82) is 0 Å². The highest BCUT2D eigenvalue weighted by molar-refractivity contribution is 6.34. The molecule has 1 N–H and O–H groups in total. The average Bonchev–Trinajstić information content (AvgIpc) is 2.37. The molecule has 0 saturated heterocycles. The molecule has 0 aliphatic carbocycles. The second kappa shape index (κ2) is 6.49. The van der Waals surface area contributed by atoms with Gasteiger partial charge < -0.3 is 5.11 Å². The Morgan fingerprint density at radius 2 is 1.62 bits per heavy atom. The fourth-order valence-electron chi connectivity index (χ4n) is 2.13. The second-order valence-electron chi connectivity index (χ2n) is 4.74. The summed E-state index contributed by atoms with van der Waals surface area (Å²) in [5.74, 6) is -1.84. The van der Waals surface area contributed by atoms with Crippen LogP contribution in [0.1, 0.15) is 11.1 Å². The van der Waals surface area contributed by atoms with Gasteiger partial charge in [0.1, 0.15) is 17.2 Å². The molecule has 112 valence electrons. The molecule has 0 aromatic heterocycles. The van der Waals surface area contributed by atoms with Gasteiger partial charge in [-0.2, -0.15) is 0 Å². The van der Waals surface area contributed by atoms with Crippen molar-refractivity contribution in [3.63, 3.8) is 0 Å². The lowest BCUT2D eigenvalue weighted by molar-refractivity contribution is 0.0575. The lowest BCUT2D eigenvalue weighted by Crippen LogP contribution is -2.32. The maximum Gasteiger partial charge on any atom is 0.132 e. The van der Waals surface area contributed by atoms with E-state index in [0.29, 0.717) is 21.7 Å². The van der Waals surface area contributed by atoms with E-state index in [4.69, 9.17) is 34.8 Å². The predicted molar refractivity (Wildman–Crippen MR) is 81.1 cm³/mol. The summed E-state index contributed by atoms with van der Waals surface area (Å²) in [5.41, 5.74) is -1.16. The molecule has 2 aromatic rings. The Labute approximate surface area is 136 Å². The van der Waals surface area contributed by atoms with Gasteiger partial charge in [0.25, 0.3) is 0 Å². The van der Waals surface area contributed by atoms with Gasteiger partial charge in [-0.05, 0) is 29.8 Å². The van der Waals surface area contributed by atoms with Gasteiger partial charge in [-0.15, -0.1) is 11.6 Å². The highest BCUT2D eigenvalue weighted by atomic mass is 35.5. The molecule has 0 radical (unpaired) electrons. The number of hydrogen-bond donors (Lipinski definition) is 1. The summed E-state index contributed by atoms with van der Waals surface area (Å²) in [6, 6.07) is 7.71. The van der Waals surface area contributed by atoms with E-state index in [1.165, 1.54) is 6.07 Å². The van der Waals surface area contributed by atoms with Crippen LogP contribution in [0.4, 0.5) is 8.78 Å². The summed E-state index contributed by atoms with van der Waals surface area (Å²) in [6.45, 7) is 0. The van der Waals surface area contributed by atoms with Gasteiger partial charge in [0.05, 0.1) is 5.88 Å². The standard InChI is InChI=1S/C15H11Cl3F2O/c16-8-15(21,13-2-1-12(19)6-14(13)20)7-9-3-10(17)5-11(18)4-9/h1-6,21H,7-8H2. The summed E-state index contributed by atoms with van der Waals surface area (Å²) in [6.07, 6.45) is -0.000662. The minimum Gasteiger partial charge on any atom is -0.383 e. The summed E-state index contributed by atoms with van der Waals surface area (Å²) < 4.78 is 26.9. The molecule has 1 nitrogen and oxygen atoms in total. The van der Waals surface area contributed by atoms with Gasteiger partial charge in [-0.1, -0.05) is 29.3 Å². The number of aliphatic hydroxyl groups is 1. The van der Waals surface area contributed by atoms with E-state index in [9.17, 15) is 13.9 Å². The van der Waals surface area contributed by atoms with Gasteiger partial charge >= 0.3 is 0 Å². The van der Waals surface area contributed by atoms with Crippen molar-refractivity contribution in [3.8, 4) is 0 Å². The van der Waals surface area contributed by atoms with Gasteiger partial charge in [0.15, 0.2) is 0 Å². The number of hydrogen-bond acceptors (Lipinski definition) is 1. The first-order chi connectivity index (χ1) is 9.84. The van der Waals surface area contributed by atoms with Crippen molar-refractivity contribution in [2.24, 2.45) is 0 Å². The average molecular weight is 352 g/mol. The maximum absolute atomic E-state index is 13.9. The molecule has 21 heavy (non-hydrogen) atoms. The molecule has 2 rings (SSSR count). The van der Waals surface area contributed by atoms with Crippen LogP contribution in [0, 0.1) is 11.6 Å². The van der Waals surface area contributed by atoms with Crippen molar-refractivity contribution < 1.29 is 13.9 Å². The normalized spacial score (nSPS) is 14.0. The number of halogens is 5. The van der Waals surface area contributed by atoms with Gasteiger partial charge in [0.2, 0.25) is 0 Å². The minimum absolute atomic E-state index is 0.000662. The third kappa shape index (κ3) is 3.86. The van der Waals surface area contributed by atoms with E-state index >= 15 is 0 Å². The van der Waals surface area contributed by atoms with Crippen LogP contribution >= 0.6 is 34.8 Å². The molecule has 0 heterocycles. The maximum atomic E-state index is 13.9. The molecule has 0 bridgehead atoms. The predicted octanol–water partition coefficient (Wildman–Crippen LogP) is 4.94. The van der Waals surface area contributed by atoms with E-state index in [2.05, 4.69) is 0 Å². The zero-order valence-corrected chi connectivity index (χ0v) is 13.0. The Hall–Kier alpha value is -0.870. The fraction of sp³-hybridized carbons (Fsp3) is 0.200. The Kier molecular flexibility index (Phi) is 5.10. The van der Waals surface area contributed by atoms with Crippen molar-refractivity contribution >= 4 is 34.8 Å². The summed E-state index contributed by atoms with van der Waals surface area (Å²) in [4.78, 5) is 0. The fourth-order valence-corrected chi connectivity index (χ4v) is 2.94. The molecule has 0 aliphatic heterocycles. The monoisotopic (exact) mass is 350 g/mol. The van der Waals surface area contributed by atoms with Crippen LogP contribution < -0.4 is 0 Å². The van der Waals surface area contributed by atoms with Crippen molar-refractivity contribution in [3.05, 3.63) is 69.2 Å². The van der Waals surface area contributed by atoms with Crippen molar-refractivity contribution in [2.75, 3.05) is 5.88 Å². The Morgan fingerprint density at radius 1 is 1.00 bits per heavy atom. The van der Waals surface area contributed by atoms with Crippen LogP contribution in [0.15, 0.2) is 36.4 Å². The van der Waals surface area contributed by atoms with Gasteiger partial charge in [-0.25, -0.2) is 8.78 Å². The van der Waals surface area contributed by atoms with E-state index in [1.54, 1.807) is 18.2 Å². The van der Waals surface area contributed by atoms with Gasteiger partial charge in [0, 0.05) is 28.1 Å². The van der Waals surface area contributed by atoms with Gasteiger partial charge in [-0.3, -0.25) is 0 Å². The number of alkyl halides is 1. The van der Waals surface area contributed by atoms with E-state index in [1.807, 2.05) is 0 Å². The first-order valence-corrected chi connectivity index (χ1v) is 7.32. The Morgan fingerprint density at radius 3 is 2.14 bits per heavy atom. The zero-order chi connectivity index (χ0) is 15.6. The Balaban J connectivity index is 2.41. The summed E-state index contributed by atoms with van der Waals surface area (Å²) in [5, 5.41) is 11.4. The molecule has 2 aromatic carbocycles. The lowest BCUT2D eigenvalue weighted by Gasteiger charge is -2.27. The topological polar surface area (TPSA) is 20.2 Å². The first-order valence-electron chi connectivity index (χ1n) is 6.03. The van der Waals surface area contributed by atoms with Crippen LogP contribution in [0.3, 0.4) is 0 Å². The van der Waals surface area contributed by atoms with E-state index in [0.717, 1.165) is 6.07 Å². The van der Waals surface area contributed by atoms with Crippen LogP contribution in [-0.4, -0.2) is 11.0 Å². The molecule has 1 atom stereocenters. The zero-order valence-electron chi connectivity index (χ0n) is 10.7. The third-order valence-corrected chi connectivity index (χ3v) is 3.95. The number of benzene rings is 2. The lowest BCUT2D eigenvalue weighted by atomic mass is 9.88. The summed E-state index contributed by atoms with van der Waals surface area (Å²) >= 11 is 17.6. The molecule has 0 spiro atoms. The summed E-state index contributed by atoms with van der Waals surface area (Å²) in [7, 11) is 0. The molecule has 0 amide bonds. The molecule has 6 heteroatoms. The SMILES string of the molecule is OC(CCl)(Cc1cc(Cl)cc(Cl)c1)c1ccc(F)cc1F. The van der Waals surface area contributed by atoms with E-state index in [-0.39, 0.29) is 17.9 Å². The third-order valence-electron chi connectivity index (χ3n) is 3.07. The molecule has 0 saturated carbocycles. The molecule has 0 aliphatic rings. The molecule has 1 unspecified atom stereocenters. The molecular formula is C15H11Cl3F2O. The highest BCUT2D eigenvalue weighted by Gasteiger charge is 2.32. The number of rotatable bonds is 4. The minimum atomic E-state index is -1.69. The van der Waals surface area contributed by atoms with Crippen LogP contribution in [0.25, 0.3) is 0 Å². The molecule has 0 fully saturated rings. The Bertz CT molecular complexity index is 643. The smallest absolute Gasteiger partial charge is 0.132 e.